The van der Waals surface area contributed by atoms with E-state index in [1.165, 1.54) is 0 Å². The summed E-state index contributed by atoms with van der Waals surface area (Å²) >= 11 is 0. The van der Waals surface area contributed by atoms with Gasteiger partial charge in [-0.2, -0.15) is 0 Å². The van der Waals surface area contributed by atoms with Gasteiger partial charge in [-0.3, -0.25) is 14.9 Å². The van der Waals surface area contributed by atoms with Crippen LogP contribution in [-0.2, 0) is 9.59 Å². The number of nitrogens with one attached hydrogen (secondary N) is 2. The second kappa shape index (κ2) is 3.55. The van der Waals surface area contributed by atoms with E-state index in [-0.39, 0.29) is 18.1 Å². The lowest BCUT2D eigenvalue weighted by Gasteiger charge is -2.23. The summed E-state index contributed by atoms with van der Waals surface area (Å²) in [6.45, 7) is 3.47. The fraction of sp³-hybridized carbons (Fsp3) is 0.625. The first-order chi connectivity index (χ1) is 6.00. The number of hydrogen-bond acceptors (Lipinski definition) is 3. The number of imide groups is 1. The van der Waals surface area contributed by atoms with Crippen LogP contribution in [0.15, 0.2) is 0 Å². The van der Waals surface area contributed by atoms with Crippen molar-refractivity contribution >= 4 is 17.7 Å². The Kier molecular flexibility index (Phi) is 2.65. The molecular weight excluding hydrogens is 172 g/mol. The average molecular weight is 184 g/mol. The molecule has 0 unspecified atom stereocenters. The molecule has 0 aromatic carbocycles. The molecule has 0 aliphatic carbocycles. The van der Waals surface area contributed by atoms with E-state index in [1.54, 1.807) is 13.8 Å². The molecule has 13 heavy (non-hydrogen) atoms. The molecule has 1 atom stereocenters. The third-order valence-electron chi connectivity index (χ3n) is 1.86. The van der Waals surface area contributed by atoms with E-state index < -0.39 is 18.0 Å². The van der Waals surface area contributed by atoms with Crippen molar-refractivity contribution < 1.29 is 14.4 Å². The highest BCUT2D eigenvalue weighted by molar-refractivity contribution is 6.03. The van der Waals surface area contributed by atoms with Crippen LogP contribution in [0.25, 0.3) is 0 Å². The molecule has 0 aromatic rings. The lowest BCUT2D eigenvalue weighted by Crippen LogP contribution is -2.55. The van der Waals surface area contributed by atoms with Gasteiger partial charge in [0.15, 0.2) is 5.78 Å². The summed E-state index contributed by atoms with van der Waals surface area (Å²) in [5.74, 6) is -0.679. The molecule has 0 bridgehead atoms. The highest BCUT2D eigenvalue weighted by atomic mass is 16.2. The van der Waals surface area contributed by atoms with Crippen LogP contribution >= 0.6 is 0 Å². The molecule has 0 spiro atoms. The standard InChI is InChI=1S/C8H12N2O3/c1-4(2)7(12)5-3-6(11)10-8(13)9-5/h4-5H,3H2,1-2H3,(H2,9,10,11,13)/t5-/m1/s1. The third-order valence-corrected chi connectivity index (χ3v) is 1.86. The molecule has 1 aliphatic heterocycles. The Bertz CT molecular complexity index is 244. The van der Waals surface area contributed by atoms with E-state index in [1.807, 2.05) is 0 Å². The van der Waals surface area contributed by atoms with Gasteiger partial charge in [0.05, 0.1) is 12.5 Å². The van der Waals surface area contributed by atoms with Gasteiger partial charge in [0.25, 0.3) is 0 Å². The molecule has 1 fully saturated rings. The van der Waals surface area contributed by atoms with Crippen LogP contribution < -0.4 is 10.6 Å². The van der Waals surface area contributed by atoms with Crippen molar-refractivity contribution in [2.75, 3.05) is 0 Å². The molecule has 1 heterocycles. The van der Waals surface area contributed by atoms with Gasteiger partial charge in [0, 0.05) is 5.92 Å². The maximum atomic E-state index is 11.4. The number of Topliss-reactive ketones (excluding diaryl/α,β-unsaturated/α-hetero) is 1. The van der Waals surface area contributed by atoms with E-state index in [0.717, 1.165) is 0 Å². The van der Waals surface area contributed by atoms with Gasteiger partial charge in [-0.15, -0.1) is 0 Å². The SMILES string of the molecule is CC(C)C(=O)[C@H]1CC(=O)NC(=O)N1. The Hall–Kier alpha value is -1.39. The number of carbonyl (C=O) groups is 3. The molecule has 5 nitrogen and oxygen atoms in total. The van der Waals surface area contributed by atoms with Crippen molar-refractivity contribution in [3.8, 4) is 0 Å². The number of hydrogen-bond donors (Lipinski definition) is 2. The number of urea groups is 1. The number of carbonyl (C=O) groups excluding carboxylic acids is 3. The molecule has 1 rings (SSSR count). The zero-order valence-electron chi connectivity index (χ0n) is 7.59. The van der Waals surface area contributed by atoms with Crippen molar-refractivity contribution in [3.05, 3.63) is 0 Å². The predicted octanol–water partition coefficient (Wildman–Crippen LogP) is -0.190. The minimum absolute atomic E-state index is 0.0444. The smallest absolute Gasteiger partial charge is 0.322 e. The Morgan fingerprint density at radius 3 is 2.54 bits per heavy atom. The largest absolute Gasteiger partial charge is 0.327 e. The summed E-state index contributed by atoms with van der Waals surface area (Å²) in [5.41, 5.74) is 0. The Morgan fingerprint density at radius 1 is 1.46 bits per heavy atom. The van der Waals surface area contributed by atoms with Crippen LogP contribution in [0.1, 0.15) is 20.3 Å². The van der Waals surface area contributed by atoms with Gasteiger partial charge in [-0.25, -0.2) is 4.79 Å². The van der Waals surface area contributed by atoms with Gasteiger partial charge in [0.2, 0.25) is 5.91 Å². The second-order valence-electron chi connectivity index (χ2n) is 3.34. The average Bonchev–Trinajstić information content (AvgIpc) is 2.01. The van der Waals surface area contributed by atoms with E-state index in [9.17, 15) is 14.4 Å². The predicted molar refractivity (Wildman–Crippen MR) is 44.9 cm³/mol. The van der Waals surface area contributed by atoms with Gasteiger partial charge < -0.3 is 5.32 Å². The maximum absolute atomic E-state index is 11.4. The van der Waals surface area contributed by atoms with Crippen molar-refractivity contribution in [1.29, 1.82) is 0 Å². The zero-order chi connectivity index (χ0) is 10.0. The van der Waals surface area contributed by atoms with E-state index in [2.05, 4.69) is 10.6 Å². The topological polar surface area (TPSA) is 75.3 Å². The zero-order valence-corrected chi connectivity index (χ0v) is 7.59. The fourth-order valence-corrected chi connectivity index (χ4v) is 1.18. The van der Waals surface area contributed by atoms with Crippen LogP contribution in [0.4, 0.5) is 4.79 Å². The summed E-state index contributed by atoms with van der Waals surface area (Å²) in [4.78, 5) is 33.1. The van der Waals surface area contributed by atoms with E-state index in [0.29, 0.717) is 0 Å². The van der Waals surface area contributed by atoms with Crippen molar-refractivity contribution in [2.45, 2.75) is 26.3 Å². The van der Waals surface area contributed by atoms with E-state index in [4.69, 9.17) is 0 Å². The minimum atomic E-state index is -0.652. The molecule has 72 valence electrons. The summed E-state index contributed by atoms with van der Waals surface area (Å²) in [5, 5.41) is 4.47. The first-order valence-corrected chi connectivity index (χ1v) is 4.14. The van der Waals surface area contributed by atoms with Crippen LogP contribution in [0.3, 0.4) is 0 Å². The molecule has 3 amide bonds. The number of ketones is 1. The first kappa shape index (κ1) is 9.70. The molecular formula is C8H12N2O3. The lowest BCUT2D eigenvalue weighted by atomic mass is 9.98. The Morgan fingerprint density at radius 2 is 2.08 bits per heavy atom. The Labute approximate surface area is 75.9 Å². The highest BCUT2D eigenvalue weighted by Gasteiger charge is 2.30. The van der Waals surface area contributed by atoms with Gasteiger partial charge >= 0.3 is 6.03 Å². The normalized spacial score (nSPS) is 22.5. The molecule has 2 N–H and O–H groups in total. The number of amides is 3. The summed E-state index contributed by atoms with van der Waals surface area (Å²) in [6, 6.07) is -1.24. The molecule has 0 radical (unpaired) electrons. The van der Waals surface area contributed by atoms with Gasteiger partial charge in [0.1, 0.15) is 0 Å². The minimum Gasteiger partial charge on any atom is -0.327 e. The first-order valence-electron chi connectivity index (χ1n) is 4.14. The van der Waals surface area contributed by atoms with Crippen molar-refractivity contribution in [1.82, 2.24) is 10.6 Å². The van der Waals surface area contributed by atoms with Crippen molar-refractivity contribution in [3.63, 3.8) is 0 Å². The fourth-order valence-electron chi connectivity index (χ4n) is 1.18. The summed E-state index contributed by atoms with van der Waals surface area (Å²) < 4.78 is 0. The van der Waals surface area contributed by atoms with Crippen LogP contribution in [-0.4, -0.2) is 23.8 Å². The third kappa shape index (κ3) is 2.27. The lowest BCUT2D eigenvalue weighted by molar-refractivity contribution is -0.129. The molecule has 5 heteroatoms. The molecule has 0 saturated carbocycles. The second-order valence-corrected chi connectivity index (χ2v) is 3.34. The molecule has 1 aliphatic rings. The van der Waals surface area contributed by atoms with Crippen molar-refractivity contribution in [2.24, 2.45) is 5.92 Å². The van der Waals surface area contributed by atoms with Crippen LogP contribution in [0, 0.1) is 5.92 Å². The Balaban J connectivity index is 2.65. The van der Waals surface area contributed by atoms with Crippen LogP contribution in [0.5, 0.6) is 0 Å². The molecule has 0 aromatic heterocycles. The van der Waals surface area contributed by atoms with Gasteiger partial charge in [-0.05, 0) is 0 Å². The van der Waals surface area contributed by atoms with Crippen LogP contribution in [0.2, 0.25) is 0 Å². The number of rotatable bonds is 2. The van der Waals surface area contributed by atoms with Gasteiger partial charge in [-0.1, -0.05) is 13.8 Å². The highest BCUT2D eigenvalue weighted by Crippen LogP contribution is 2.06. The summed E-state index contributed by atoms with van der Waals surface area (Å²) in [7, 11) is 0. The van der Waals surface area contributed by atoms with E-state index >= 15 is 0 Å². The maximum Gasteiger partial charge on any atom is 0.322 e. The summed E-state index contributed by atoms with van der Waals surface area (Å²) in [6.07, 6.45) is 0.0444. The molecule has 1 saturated heterocycles. The quantitative estimate of drug-likeness (QED) is 0.624. The monoisotopic (exact) mass is 184 g/mol.